The number of ether oxygens (including phenoxy) is 1. The summed E-state index contributed by atoms with van der Waals surface area (Å²) in [7, 11) is 0. The van der Waals surface area contributed by atoms with Crippen molar-refractivity contribution in [3.05, 3.63) is 0 Å². The van der Waals surface area contributed by atoms with E-state index in [1.54, 1.807) is 0 Å². The zero-order chi connectivity index (χ0) is 9.47. The van der Waals surface area contributed by atoms with Crippen LogP contribution in [0.3, 0.4) is 0 Å². The Labute approximate surface area is 74.6 Å². The number of alkyl halides is 2. The second-order valence-electron chi connectivity index (χ2n) is 3.55. The Morgan fingerprint density at radius 2 is 2.31 bits per heavy atom. The summed E-state index contributed by atoms with van der Waals surface area (Å²) in [5, 5.41) is 0. The SMILES string of the molecule is O=C1OCCC1N1CCC(F)(F)C1. The maximum Gasteiger partial charge on any atom is 0.323 e. The van der Waals surface area contributed by atoms with Crippen LogP contribution < -0.4 is 0 Å². The Balaban J connectivity index is 1.99. The predicted molar refractivity (Wildman–Crippen MR) is 40.5 cm³/mol. The fraction of sp³-hybridized carbons (Fsp3) is 0.875. The van der Waals surface area contributed by atoms with Crippen molar-refractivity contribution in [2.24, 2.45) is 0 Å². The molecule has 5 heteroatoms. The summed E-state index contributed by atoms with van der Waals surface area (Å²) in [5.74, 6) is -2.97. The molecule has 1 unspecified atom stereocenters. The van der Waals surface area contributed by atoms with Gasteiger partial charge in [-0.2, -0.15) is 0 Å². The Kier molecular flexibility index (Phi) is 1.98. The largest absolute Gasteiger partial charge is 0.464 e. The first kappa shape index (κ1) is 8.87. The average molecular weight is 191 g/mol. The smallest absolute Gasteiger partial charge is 0.323 e. The van der Waals surface area contributed by atoms with Crippen molar-refractivity contribution in [1.82, 2.24) is 4.90 Å². The van der Waals surface area contributed by atoms with Crippen molar-refractivity contribution in [3.63, 3.8) is 0 Å². The van der Waals surface area contributed by atoms with Crippen LogP contribution in [0.5, 0.6) is 0 Å². The van der Waals surface area contributed by atoms with E-state index in [2.05, 4.69) is 0 Å². The van der Waals surface area contributed by atoms with Gasteiger partial charge in [-0.3, -0.25) is 9.69 Å². The first-order valence-corrected chi connectivity index (χ1v) is 4.37. The molecule has 1 atom stereocenters. The van der Waals surface area contributed by atoms with Gasteiger partial charge in [0.1, 0.15) is 6.04 Å². The van der Waals surface area contributed by atoms with E-state index < -0.39 is 12.0 Å². The zero-order valence-electron chi connectivity index (χ0n) is 7.13. The van der Waals surface area contributed by atoms with Gasteiger partial charge in [-0.05, 0) is 0 Å². The summed E-state index contributed by atoms with van der Waals surface area (Å²) in [6.45, 7) is 0.366. The van der Waals surface area contributed by atoms with Gasteiger partial charge >= 0.3 is 5.97 Å². The van der Waals surface area contributed by atoms with Crippen LogP contribution in [0.25, 0.3) is 0 Å². The van der Waals surface area contributed by atoms with E-state index in [9.17, 15) is 13.6 Å². The molecule has 2 heterocycles. The van der Waals surface area contributed by atoms with Crippen molar-refractivity contribution in [3.8, 4) is 0 Å². The van der Waals surface area contributed by atoms with Gasteiger partial charge in [0.25, 0.3) is 5.92 Å². The van der Waals surface area contributed by atoms with Crippen molar-refractivity contribution in [2.75, 3.05) is 19.7 Å². The standard InChI is InChI=1S/C8H11F2NO2/c9-8(10)2-3-11(5-8)6-1-4-13-7(6)12/h6H,1-5H2. The number of rotatable bonds is 1. The second kappa shape index (κ2) is 2.90. The molecular formula is C8H11F2NO2. The van der Waals surface area contributed by atoms with Crippen molar-refractivity contribution >= 4 is 5.97 Å². The molecule has 13 heavy (non-hydrogen) atoms. The highest BCUT2D eigenvalue weighted by Crippen LogP contribution is 2.30. The Hall–Kier alpha value is -0.710. The molecule has 2 aliphatic rings. The second-order valence-corrected chi connectivity index (χ2v) is 3.55. The highest BCUT2D eigenvalue weighted by atomic mass is 19.3. The lowest BCUT2D eigenvalue weighted by Gasteiger charge is -2.19. The van der Waals surface area contributed by atoms with E-state index in [0.29, 0.717) is 19.6 Å². The van der Waals surface area contributed by atoms with Gasteiger partial charge in [0.2, 0.25) is 0 Å². The normalized spacial score (nSPS) is 33.7. The summed E-state index contributed by atoms with van der Waals surface area (Å²) < 4.78 is 30.3. The van der Waals surface area contributed by atoms with Crippen LogP contribution in [0.15, 0.2) is 0 Å². The van der Waals surface area contributed by atoms with Gasteiger partial charge in [0.15, 0.2) is 0 Å². The van der Waals surface area contributed by atoms with Gasteiger partial charge in [0.05, 0.1) is 13.2 Å². The molecule has 0 aromatic carbocycles. The topological polar surface area (TPSA) is 29.5 Å². The summed E-state index contributed by atoms with van der Waals surface area (Å²) in [5.41, 5.74) is 0. The molecule has 0 aliphatic carbocycles. The van der Waals surface area contributed by atoms with E-state index in [0.717, 1.165) is 0 Å². The van der Waals surface area contributed by atoms with Gasteiger partial charge in [0, 0.05) is 19.4 Å². The molecule has 0 spiro atoms. The zero-order valence-corrected chi connectivity index (χ0v) is 7.13. The van der Waals surface area contributed by atoms with Crippen LogP contribution in [-0.4, -0.2) is 42.5 Å². The van der Waals surface area contributed by atoms with E-state index in [1.165, 1.54) is 4.90 Å². The predicted octanol–water partition coefficient (Wildman–Crippen LogP) is 0.643. The fourth-order valence-corrected chi connectivity index (χ4v) is 1.85. The lowest BCUT2D eigenvalue weighted by molar-refractivity contribution is -0.142. The molecule has 0 radical (unpaired) electrons. The van der Waals surface area contributed by atoms with E-state index in [1.807, 2.05) is 0 Å². The molecule has 2 fully saturated rings. The van der Waals surface area contributed by atoms with Crippen LogP contribution in [0.1, 0.15) is 12.8 Å². The van der Waals surface area contributed by atoms with E-state index in [-0.39, 0.29) is 18.9 Å². The number of esters is 1. The molecule has 0 aromatic rings. The molecule has 0 bridgehead atoms. The Morgan fingerprint density at radius 3 is 2.77 bits per heavy atom. The highest BCUT2D eigenvalue weighted by Gasteiger charge is 2.44. The van der Waals surface area contributed by atoms with Crippen LogP contribution in [0.4, 0.5) is 8.78 Å². The van der Waals surface area contributed by atoms with Crippen LogP contribution in [0, 0.1) is 0 Å². The number of hydrogen-bond donors (Lipinski definition) is 0. The Bertz CT molecular complexity index is 232. The minimum Gasteiger partial charge on any atom is -0.464 e. The summed E-state index contributed by atoms with van der Waals surface area (Å²) in [6, 6.07) is -0.423. The van der Waals surface area contributed by atoms with Crippen molar-refractivity contribution in [1.29, 1.82) is 0 Å². The first-order chi connectivity index (χ1) is 6.08. The summed E-state index contributed by atoms with van der Waals surface area (Å²) in [4.78, 5) is 12.6. The Morgan fingerprint density at radius 1 is 1.54 bits per heavy atom. The fourth-order valence-electron chi connectivity index (χ4n) is 1.85. The molecule has 0 saturated carbocycles. The number of carbonyl (C=O) groups is 1. The molecule has 0 aromatic heterocycles. The lowest BCUT2D eigenvalue weighted by Crippen LogP contribution is -2.38. The highest BCUT2D eigenvalue weighted by molar-refractivity contribution is 5.77. The van der Waals surface area contributed by atoms with E-state index >= 15 is 0 Å². The summed E-state index contributed by atoms with van der Waals surface area (Å²) >= 11 is 0. The first-order valence-electron chi connectivity index (χ1n) is 4.37. The van der Waals surface area contributed by atoms with Gasteiger partial charge in [-0.15, -0.1) is 0 Å². The summed E-state index contributed by atoms with van der Waals surface area (Å²) in [6.07, 6.45) is 0.408. The molecule has 2 saturated heterocycles. The van der Waals surface area contributed by atoms with Crippen LogP contribution >= 0.6 is 0 Å². The minimum absolute atomic E-state index is 0.142. The number of cyclic esters (lactones) is 1. The molecule has 0 amide bonds. The van der Waals surface area contributed by atoms with Crippen molar-refractivity contribution in [2.45, 2.75) is 24.8 Å². The number of halogens is 2. The third kappa shape index (κ3) is 1.65. The third-order valence-corrected chi connectivity index (χ3v) is 2.55. The number of nitrogens with zero attached hydrogens (tertiary/aromatic N) is 1. The maximum absolute atomic E-state index is 12.8. The molecule has 3 nitrogen and oxygen atoms in total. The maximum atomic E-state index is 12.8. The molecule has 2 aliphatic heterocycles. The van der Waals surface area contributed by atoms with Crippen molar-refractivity contribution < 1.29 is 18.3 Å². The van der Waals surface area contributed by atoms with Crippen LogP contribution in [-0.2, 0) is 9.53 Å². The number of carbonyl (C=O) groups excluding carboxylic acids is 1. The molecular weight excluding hydrogens is 180 g/mol. The van der Waals surface area contributed by atoms with E-state index in [4.69, 9.17) is 4.74 Å². The van der Waals surface area contributed by atoms with Gasteiger partial charge in [-0.1, -0.05) is 0 Å². The molecule has 0 N–H and O–H groups in total. The monoisotopic (exact) mass is 191 g/mol. The molecule has 74 valence electrons. The number of hydrogen-bond acceptors (Lipinski definition) is 3. The lowest BCUT2D eigenvalue weighted by atomic mass is 10.2. The van der Waals surface area contributed by atoms with Crippen LogP contribution in [0.2, 0.25) is 0 Å². The van der Waals surface area contributed by atoms with Gasteiger partial charge in [-0.25, -0.2) is 8.78 Å². The average Bonchev–Trinajstić information content (AvgIpc) is 2.56. The minimum atomic E-state index is -2.62. The van der Waals surface area contributed by atoms with Gasteiger partial charge < -0.3 is 4.74 Å². The third-order valence-electron chi connectivity index (χ3n) is 2.55. The quantitative estimate of drug-likeness (QED) is 0.570. The number of likely N-dealkylation sites (tertiary alicyclic amines) is 1. The molecule has 2 rings (SSSR count).